The van der Waals surface area contributed by atoms with Crippen LogP contribution in [-0.2, 0) is 19.1 Å². The van der Waals surface area contributed by atoms with Crippen molar-refractivity contribution in [3.8, 4) is 5.75 Å². The SMILES string of the molecule is COC(=O)C[C@H](NC(=O)CNC(=O)c1cc(NC2=NCC(F)CN2)c2cn[nH]c2c1)c1cc(Br)cc(OC(F)F)c1.O=C(O)C(F)(F)F. The number of rotatable bonds is 10. The molecule has 21 heteroatoms. The second-order valence-electron chi connectivity index (χ2n) is 9.63. The molecule has 1 aliphatic rings. The number of nitrogens with one attached hydrogen (secondary N) is 5. The Bertz CT molecular complexity index is 1670. The van der Waals surface area contributed by atoms with Gasteiger partial charge in [-0.05, 0) is 35.9 Å². The third kappa shape index (κ3) is 11.3. The molecule has 2 aromatic carbocycles. The van der Waals surface area contributed by atoms with Gasteiger partial charge in [0.15, 0.2) is 5.96 Å². The minimum absolute atomic E-state index is 0.00336. The Morgan fingerprint density at radius 1 is 1.15 bits per heavy atom. The molecule has 0 radical (unpaired) electrons. The molecule has 0 bridgehead atoms. The zero-order valence-electron chi connectivity index (χ0n) is 24.5. The fraction of sp³-hybridized carbons (Fsp3) is 0.333. The third-order valence-electron chi connectivity index (χ3n) is 6.12. The number of hydrogen-bond donors (Lipinski definition) is 6. The highest BCUT2D eigenvalue weighted by Gasteiger charge is 2.38. The highest BCUT2D eigenvalue weighted by atomic mass is 79.9. The van der Waals surface area contributed by atoms with E-state index in [2.05, 4.69) is 57.1 Å². The van der Waals surface area contributed by atoms with E-state index in [1.54, 1.807) is 12.3 Å². The van der Waals surface area contributed by atoms with Gasteiger partial charge in [0.2, 0.25) is 5.91 Å². The van der Waals surface area contributed by atoms with Crippen molar-refractivity contribution in [3.05, 3.63) is 52.1 Å². The highest BCUT2D eigenvalue weighted by Crippen LogP contribution is 2.29. The topological polar surface area (TPSA) is 196 Å². The molecule has 1 aliphatic heterocycles. The number of fused-ring (bicyclic) bond motifs is 1. The second-order valence-corrected chi connectivity index (χ2v) is 10.5. The number of alkyl halides is 6. The first kappa shape index (κ1) is 37.4. The second kappa shape index (κ2) is 16.7. The van der Waals surface area contributed by atoms with E-state index in [1.807, 2.05) is 0 Å². The Labute approximate surface area is 274 Å². The van der Waals surface area contributed by atoms with E-state index in [4.69, 9.17) is 14.6 Å². The summed E-state index contributed by atoms with van der Waals surface area (Å²) in [7, 11) is 1.17. The zero-order valence-corrected chi connectivity index (χ0v) is 26.0. The molecule has 260 valence electrons. The van der Waals surface area contributed by atoms with Gasteiger partial charge in [0, 0.05) is 15.4 Å². The Hall–Kier alpha value is -5.08. The van der Waals surface area contributed by atoms with Crippen LogP contribution < -0.4 is 26.0 Å². The molecular formula is C27H26BrF6N7O7. The van der Waals surface area contributed by atoms with E-state index in [-0.39, 0.29) is 30.8 Å². The lowest BCUT2D eigenvalue weighted by Gasteiger charge is -2.20. The van der Waals surface area contributed by atoms with Crippen molar-refractivity contribution in [2.24, 2.45) is 4.99 Å². The first-order valence-electron chi connectivity index (χ1n) is 13.4. The minimum Gasteiger partial charge on any atom is -0.475 e. The van der Waals surface area contributed by atoms with Gasteiger partial charge in [0.05, 0.1) is 56.6 Å². The van der Waals surface area contributed by atoms with Gasteiger partial charge in [0.1, 0.15) is 11.9 Å². The van der Waals surface area contributed by atoms with E-state index < -0.39 is 55.3 Å². The Morgan fingerprint density at radius 2 is 1.85 bits per heavy atom. The maximum Gasteiger partial charge on any atom is 0.490 e. The number of amides is 2. The van der Waals surface area contributed by atoms with Crippen molar-refractivity contribution < 1.29 is 60.1 Å². The molecule has 1 aromatic heterocycles. The van der Waals surface area contributed by atoms with E-state index in [0.29, 0.717) is 32.6 Å². The summed E-state index contributed by atoms with van der Waals surface area (Å²) in [4.78, 5) is 50.7. The van der Waals surface area contributed by atoms with E-state index >= 15 is 0 Å². The van der Waals surface area contributed by atoms with Crippen LogP contribution in [0.2, 0.25) is 0 Å². The minimum atomic E-state index is -5.08. The number of aromatic amines is 1. The van der Waals surface area contributed by atoms with Crippen molar-refractivity contribution in [2.45, 2.75) is 31.4 Å². The molecule has 0 saturated carbocycles. The van der Waals surface area contributed by atoms with Crippen LogP contribution in [0, 0.1) is 0 Å². The normalized spacial score (nSPS) is 14.9. The number of benzene rings is 2. The lowest BCUT2D eigenvalue weighted by Crippen LogP contribution is -2.41. The summed E-state index contributed by atoms with van der Waals surface area (Å²) in [6, 6.07) is 6.19. The third-order valence-corrected chi connectivity index (χ3v) is 6.58. The summed E-state index contributed by atoms with van der Waals surface area (Å²) in [5, 5.41) is 25.5. The molecule has 3 aromatic rings. The number of carbonyl (C=O) groups excluding carboxylic acids is 3. The maximum atomic E-state index is 13.4. The van der Waals surface area contributed by atoms with Crippen LogP contribution in [0.4, 0.5) is 32.0 Å². The predicted molar refractivity (Wildman–Crippen MR) is 159 cm³/mol. The van der Waals surface area contributed by atoms with Gasteiger partial charge in [-0.2, -0.15) is 27.1 Å². The van der Waals surface area contributed by atoms with Crippen molar-refractivity contribution >= 4 is 62.2 Å². The first-order chi connectivity index (χ1) is 22.5. The molecule has 14 nitrogen and oxygen atoms in total. The van der Waals surface area contributed by atoms with Crippen LogP contribution >= 0.6 is 15.9 Å². The van der Waals surface area contributed by atoms with Gasteiger partial charge in [-0.15, -0.1) is 0 Å². The molecule has 2 amide bonds. The average molecular weight is 754 g/mol. The number of anilines is 1. The summed E-state index contributed by atoms with van der Waals surface area (Å²) in [5.74, 6) is -4.52. The molecule has 48 heavy (non-hydrogen) atoms. The largest absolute Gasteiger partial charge is 0.490 e. The molecular weight excluding hydrogens is 728 g/mol. The van der Waals surface area contributed by atoms with Crippen LogP contribution in [0.5, 0.6) is 5.75 Å². The van der Waals surface area contributed by atoms with Gasteiger partial charge < -0.3 is 35.8 Å². The van der Waals surface area contributed by atoms with Gasteiger partial charge >= 0.3 is 24.7 Å². The first-order valence-corrected chi connectivity index (χ1v) is 14.2. The molecule has 6 N–H and O–H groups in total. The Morgan fingerprint density at radius 3 is 2.46 bits per heavy atom. The maximum absolute atomic E-state index is 13.4. The number of esters is 1. The number of halogens is 7. The smallest absolute Gasteiger partial charge is 0.475 e. The van der Waals surface area contributed by atoms with Crippen LogP contribution in [0.15, 0.2) is 46.0 Å². The van der Waals surface area contributed by atoms with Crippen molar-refractivity contribution in [1.29, 1.82) is 0 Å². The number of carboxylic acid groups (broad SMARTS) is 1. The number of methoxy groups -OCH3 is 1. The van der Waals surface area contributed by atoms with Gasteiger partial charge in [-0.3, -0.25) is 19.5 Å². The number of hydrogen-bond acceptors (Lipinski definition) is 10. The average Bonchev–Trinajstić information content (AvgIpc) is 3.49. The van der Waals surface area contributed by atoms with Crippen molar-refractivity contribution in [3.63, 3.8) is 0 Å². The van der Waals surface area contributed by atoms with Crippen molar-refractivity contribution in [2.75, 3.05) is 32.1 Å². The zero-order chi connectivity index (χ0) is 35.6. The van der Waals surface area contributed by atoms with Crippen LogP contribution in [0.3, 0.4) is 0 Å². The predicted octanol–water partition coefficient (Wildman–Crippen LogP) is 3.42. The summed E-state index contributed by atoms with van der Waals surface area (Å²) >= 11 is 3.20. The summed E-state index contributed by atoms with van der Waals surface area (Å²) in [5.41, 5.74) is 1.48. The number of aliphatic carboxylic acids is 1. The standard InChI is InChI=1S/C25H25BrF3N7O5.C2HF3O2/c1-40-22(38)7-18(12-2-14(26)6-16(3-12)41-24(28)29)34-21(37)11-30-23(39)13-4-19(17-10-33-36-20(17)5-13)35-25-31-8-15(27)9-32-25;3-2(4,5)1(6)7/h2-6,10,15,18,24H,7-9,11H2,1H3,(H,30,39)(H,33,36)(H,34,37)(H2,31,32,35);(H,6,7)/t18-;/m0./s1. The number of aliphatic imine (C=N–C) groups is 1. The number of aromatic nitrogens is 2. The van der Waals surface area contributed by atoms with Crippen LogP contribution in [0.1, 0.15) is 28.4 Å². The fourth-order valence-corrected chi connectivity index (χ4v) is 4.47. The van der Waals surface area contributed by atoms with E-state index in [0.717, 1.165) is 0 Å². The Kier molecular flexibility index (Phi) is 13.0. The van der Waals surface area contributed by atoms with E-state index in [9.17, 15) is 40.7 Å². The summed E-state index contributed by atoms with van der Waals surface area (Å²) in [6.07, 6.45) is -4.94. The number of ether oxygens (including phenoxy) is 2. The number of guanidine groups is 1. The highest BCUT2D eigenvalue weighted by molar-refractivity contribution is 9.10. The number of carbonyl (C=O) groups is 4. The monoisotopic (exact) mass is 753 g/mol. The lowest BCUT2D eigenvalue weighted by molar-refractivity contribution is -0.192. The van der Waals surface area contributed by atoms with Gasteiger partial charge in [-0.1, -0.05) is 15.9 Å². The number of H-pyrrole nitrogens is 1. The Balaban J connectivity index is 0.000000804. The number of carboxylic acids is 1. The van der Waals surface area contributed by atoms with E-state index in [1.165, 1.54) is 31.4 Å². The molecule has 0 fully saturated rings. The molecule has 4 rings (SSSR count). The summed E-state index contributed by atoms with van der Waals surface area (Å²) < 4.78 is 80.1. The van der Waals surface area contributed by atoms with Gasteiger partial charge in [-0.25, -0.2) is 14.2 Å². The molecule has 0 saturated heterocycles. The summed E-state index contributed by atoms with van der Waals surface area (Å²) in [6.45, 7) is -3.46. The van der Waals surface area contributed by atoms with Crippen LogP contribution in [0.25, 0.3) is 10.9 Å². The lowest BCUT2D eigenvalue weighted by atomic mass is 10.0. The number of nitrogens with zero attached hydrogens (tertiary/aromatic N) is 2. The molecule has 0 aliphatic carbocycles. The quantitative estimate of drug-likeness (QED) is 0.132. The van der Waals surface area contributed by atoms with Crippen LogP contribution in [-0.4, -0.2) is 90.7 Å². The van der Waals surface area contributed by atoms with Gasteiger partial charge in [0.25, 0.3) is 5.91 Å². The molecule has 0 spiro atoms. The fourth-order valence-electron chi connectivity index (χ4n) is 3.98. The molecule has 1 unspecified atom stereocenters. The molecule has 2 heterocycles. The van der Waals surface area contributed by atoms with Crippen molar-refractivity contribution in [1.82, 2.24) is 26.1 Å². The molecule has 2 atom stereocenters.